The summed E-state index contributed by atoms with van der Waals surface area (Å²) in [6.07, 6.45) is 2.57. The first kappa shape index (κ1) is 23.0. The number of carbonyl (C=O) groups is 1. The molecule has 1 fully saturated rings. The summed E-state index contributed by atoms with van der Waals surface area (Å²) >= 11 is 18.9. The van der Waals surface area contributed by atoms with E-state index in [2.05, 4.69) is 5.32 Å². The third-order valence-electron chi connectivity index (χ3n) is 4.99. The number of methoxy groups -OCH3 is 1. The van der Waals surface area contributed by atoms with Gasteiger partial charge < -0.3 is 19.7 Å². The average Bonchev–Trinajstić information content (AvgIpc) is 3.13. The zero-order valence-electron chi connectivity index (χ0n) is 16.8. The van der Waals surface area contributed by atoms with Gasteiger partial charge in [0.1, 0.15) is 6.61 Å². The van der Waals surface area contributed by atoms with Gasteiger partial charge >= 0.3 is 0 Å². The largest absolute Gasteiger partial charge is 0.493 e. The maximum Gasteiger partial charge on any atom is 0.222 e. The third kappa shape index (κ3) is 5.94. The van der Waals surface area contributed by atoms with Crippen LogP contribution < -0.4 is 14.8 Å². The minimum atomic E-state index is 0.182. The fraction of sp³-hybridized carbons (Fsp3) is 0.409. The first-order chi connectivity index (χ1) is 14.5. The molecule has 3 rings (SSSR count). The summed E-state index contributed by atoms with van der Waals surface area (Å²) in [5.74, 6) is 1.26. The van der Waals surface area contributed by atoms with Gasteiger partial charge in [0, 0.05) is 41.7 Å². The van der Waals surface area contributed by atoms with Crippen LogP contribution in [0.2, 0.25) is 15.1 Å². The molecule has 0 radical (unpaired) electrons. The molecular weight excluding hydrogens is 447 g/mol. The number of hydrogen-bond acceptors (Lipinski definition) is 4. The number of carbonyl (C=O) groups excluding carboxylic acids is 1. The molecule has 0 spiro atoms. The molecule has 0 aliphatic carbocycles. The summed E-state index contributed by atoms with van der Waals surface area (Å²) in [4.78, 5) is 13.6. The molecule has 0 aromatic heterocycles. The maximum atomic E-state index is 11.6. The predicted molar refractivity (Wildman–Crippen MR) is 121 cm³/mol. The summed E-state index contributed by atoms with van der Waals surface area (Å²) in [6, 6.07) is 9.06. The quantitative estimate of drug-likeness (QED) is 0.475. The molecule has 162 valence electrons. The Labute approximate surface area is 192 Å². The molecule has 1 heterocycles. The molecule has 1 N–H and O–H groups in total. The molecule has 1 aliphatic rings. The summed E-state index contributed by atoms with van der Waals surface area (Å²) in [5.41, 5.74) is 1.68. The van der Waals surface area contributed by atoms with Gasteiger partial charge in [-0.3, -0.25) is 4.79 Å². The van der Waals surface area contributed by atoms with Crippen LogP contribution in [0, 0.1) is 0 Å². The summed E-state index contributed by atoms with van der Waals surface area (Å²) in [7, 11) is 1.57. The Bertz CT molecular complexity index is 872. The Morgan fingerprint density at radius 1 is 1.13 bits per heavy atom. The van der Waals surface area contributed by atoms with Gasteiger partial charge in [-0.2, -0.15) is 0 Å². The van der Waals surface area contributed by atoms with Crippen molar-refractivity contribution in [2.24, 2.45) is 0 Å². The van der Waals surface area contributed by atoms with Crippen LogP contribution in [0.15, 0.2) is 30.3 Å². The van der Waals surface area contributed by atoms with Crippen LogP contribution in [0.1, 0.15) is 30.4 Å². The van der Waals surface area contributed by atoms with E-state index in [1.807, 2.05) is 17.0 Å². The molecule has 2 aromatic carbocycles. The molecule has 30 heavy (non-hydrogen) atoms. The zero-order chi connectivity index (χ0) is 21.5. The van der Waals surface area contributed by atoms with Gasteiger partial charge in [-0.1, -0.05) is 40.9 Å². The van der Waals surface area contributed by atoms with Gasteiger partial charge in [0.25, 0.3) is 0 Å². The summed E-state index contributed by atoms with van der Waals surface area (Å²) in [6.45, 7) is 3.31. The van der Waals surface area contributed by atoms with E-state index in [0.717, 1.165) is 38.0 Å². The SMILES string of the molecule is COc1cc(CNCCCN2CCCC2=O)cc(Cl)c1OCc1c(Cl)cccc1Cl. The first-order valence-electron chi connectivity index (χ1n) is 9.90. The molecule has 2 aromatic rings. The van der Waals surface area contributed by atoms with Crippen LogP contribution in [-0.4, -0.2) is 37.6 Å². The lowest BCUT2D eigenvalue weighted by molar-refractivity contribution is -0.127. The molecule has 0 unspecified atom stereocenters. The third-order valence-corrected chi connectivity index (χ3v) is 5.98. The van der Waals surface area contributed by atoms with E-state index in [1.54, 1.807) is 25.3 Å². The Hall–Kier alpha value is -1.66. The molecule has 1 aliphatic heterocycles. The van der Waals surface area contributed by atoms with Crippen molar-refractivity contribution in [2.75, 3.05) is 26.7 Å². The highest BCUT2D eigenvalue weighted by Crippen LogP contribution is 2.38. The molecule has 5 nitrogen and oxygen atoms in total. The average molecular weight is 472 g/mol. The van der Waals surface area contributed by atoms with Crippen LogP contribution in [0.4, 0.5) is 0 Å². The molecule has 1 saturated heterocycles. The van der Waals surface area contributed by atoms with Crippen molar-refractivity contribution in [1.82, 2.24) is 10.2 Å². The van der Waals surface area contributed by atoms with Crippen molar-refractivity contribution in [3.63, 3.8) is 0 Å². The highest BCUT2D eigenvalue weighted by Gasteiger charge is 2.19. The van der Waals surface area contributed by atoms with Gasteiger partial charge in [-0.15, -0.1) is 0 Å². The number of amides is 1. The molecule has 0 atom stereocenters. The van der Waals surface area contributed by atoms with E-state index < -0.39 is 0 Å². The molecule has 8 heteroatoms. The Morgan fingerprint density at radius 2 is 1.90 bits per heavy atom. The van der Waals surface area contributed by atoms with Crippen LogP contribution in [0.3, 0.4) is 0 Å². The van der Waals surface area contributed by atoms with Crippen LogP contribution in [0.5, 0.6) is 11.5 Å². The number of benzene rings is 2. The van der Waals surface area contributed by atoms with Gasteiger partial charge in [0.2, 0.25) is 5.91 Å². The minimum absolute atomic E-state index is 0.182. The van der Waals surface area contributed by atoms with Crippen LogP contribution in [0.25, 0.3) is 0 Å². The Balaban J connectivity index is 1.55. The van der Waals surface area contributed by atoms with Crippen molar-refractivity contribution >= 4 is 40.7 Å². The smallest absolute Gasteiger partial charge is 0.222 e. The predicted octanol–water partition coefficient (Wildman–Crippen LogP) is 5.34. The fourth-order valence-corrected chi connectivity index (χ4v) is 4.19. The lowest BCUT2D eigenvalue weighted by atomic mass is 10.2. The second-order valence-corrected chi connectivity index (χ2v) is 8.33. The molecule has 0 saturated carbocycles. The normalized spacial score (nSPS) is 13.7. The van der Waals surface area contributed by atoms with Gasteiger partial charge in [-0.25, -0.2) is 0 Å². The van der Waals surface area contributed by atoms with Crippen molar-refractivity contribution in [3.05, 3.63) is 56.5 Å². The van der Waals surface area contributed by atoms with E-state index in [0.29, 0.717) is 45.1 Å². The van der Waals surface area contributed by atoms with E-state index in [1.165, 1.54) is 0 Å². The standard InChI is InChI=1S/C22H25Cl3N2O3/c1-29-20-12-15(13-26-8-4-10-27-9-3-7-21(27)28)11-19(25)22(20)30-14-16-17(23)5-2-6-18(16)24/h2,5-6,11-12,26H,3-4,7-10,13-14H2,1H3. The number of halogens is 3. The maximum absolute atomic E-state index is 11.6. The number of hydrogen-bond donors (Lipinski definition) is 1. The Kier molecular flexibility index (Phi) is 8.51. The number of ether oxygens (including phenoxy) is 2. The van der Waals surface area contributed by atoms with Crippen molar-refractivity contribution in [2.45, 2.75) is 32.4 Å². The Morgan fingerprint density at radius 3 is 2.57 bits per heavy atom. The van der Waals surface area contributed by atoms with E-state index in [-0.39, 0.29) is 12.5 Å². The lowest BCUT2D eigenvalue weighted by Gasteiger charge is -2.16. The van der Waals surface area contributed by atoms with E-state index in [9.17, 15) is 4.79 Å². The van der Waals surface area contributed by atoms with E-state index >= 15 is 0 Å². The molecule has 0 bridgehead atoms. The number of nitrogens with one attached hydrogen (secondary N) is 1. The van der Waals surface area contributed by atoms with Crippen molar-refractivity contribution in [3.8, 4) is 11.5 Å². The molecule has 1 amide bonds. The first-order valence-corrected chi connectivity index (χ1v) is 11.0. The number of likely N-dealkylation sites (tertiary alicyclic amines) is 1. The fourth-order valence-electron chi connectivity index (χ4n) is 3.40. The summed E-state index contributed by atoms with van der Waals surface area (Å²) in [5, 5.41) is 4.91. The second-order valence-electron chi connectivity index (χ2n) is 7.11. The highest BCUT2D eigenvalue weighted by molar-refractivity contribution is 6.36. The van der Waals surface area contributed by atoms with Crippen molar-refractivity contribution < 1.29 is 14.3 Å². The number of rotatable bonds is 10. The topological polar surface area (TPSA) is 50.8 Å². The summed E-state index contributed by atoms with van der Waals surface area (Å²) < 4.78 is 11.4. The van der Waals surface area contributed by atoms with Gasteiger partial charge in [0.05, 0.1) is 12.1 Å². The minimum Gasteiger partial charge on any atom is -0.493 e. The molecular formula is C22H25Cl3N2O3. The van der Waals surface area contributed by atoms with Crippen molar-refractivity contribution in [1.29, 1.82) is 0 Å². The monoisotopic (exact) mass is 470 g/mol. The lowest BCUT2D eigenvalue weighted by Crippen LogP contribution is -2.28. The van der Waals surface area contributed by atoms with Crippen LogP contribution >= 0.6 is 34.8 Å². The van der Waals surface area contributed by atoms with Gasteiger partial charge in [0.15, 0.2) is 11.5 Å². The van der Waals surface area contributed by atoms with E-state index in [4.69, 9.17) is 44.3 Å². The van der Waals surface area contributed by atoms with Gasteiger partial charge in [-0.05, 0) is 49.2 Å². The zero-order valence-corrected chi connectivity index (χ0v) is 19.1. The van der Waals surface area contributed by atoms with Crippen LogP contribution in [-0.2, 0) is 17.9 Å². The highest BCUT2D eigenvalue weighted by atomic mass is 35.5. The second kappa shape index (κ2) is 11.1. The number of nitrogens with zero attached hydrogens (tertiary/aromatic N) is 1.